The lowest BCUT2D eigenvalue weighted by Gasteiger charge is -2.14. The van der Waals surface area contributed by atoms with Crippen LogP contribution < -0.4 is 5.73 Å². The zero-order chi connectivity index (χ0) is 13.1. The van der Waals surface area contributed by atoms with E-state index in [1.165, 1.54) is 42.6 Å². The minimum Gasteiger partial charge on any atom is -0.328 e. The summed E-state index contributed by atoms with van der Waals surface area (Å²) in [6, 6.07) is 0.869. The highest BCUT2D eigenvalue weighted by Crippen LogP contribution is 2.32. The Morgan fingerprint density at radius 2 is 1.94 bits per heavy atom. The molecule has 1 unspecified atom stereocenters. The SMILES string of the molecule is CCc1nn(C2CCCC2)c(CC)c1CC(C)N. The molecule has 1 atom stereocenters. The quantitative estimate of drug-likeness (QED) is 0.871. The largest absolute Gasteiger partial charge is 0.328 e. The zero-order valence-electron chi connectivity index (χ0n) is 12.1. The van der Waals surface area contributed by atoms with Gasteiger partial charge in [-0.05, 0) is 44.6 Å². The van der Waals surface area contributed by atoms with Crippen molar-refractivity contribution in [2.45, 2.75) is 77.8 Å². The van der Waals surface area contributed by atoms with Crippen molar-refractivity contribution in [3.8, 4) is 0 Å². The normalized spacial score (nSPS) is 18.4. The van der Waals surface area contributed by atoms with Crippen LogP contribution in [0.2, 0.25) is 0 Å². The van der Waals surface area contributed by atoms with E-state index in [1.807, 2.05) is 0 Å². The predicted molar refractivity (Wildman–Crippen MR) is 75.8 cm³/mol. The minimum absolute atomic E-state index is 0.224. The molecule has 3 nitrogen and oxygen atoms in total. The molecule has 3 heteroatoms. The van der Waals surface area contributed by atoms with Crippen LogP contribution >= 0.6 is 0 Å². The molecule has 0 bridgehead atoms. The molecule has 2 rings (SSSR count). The highest BCUT2D eigenvalue weighted by atomic mass is 15.3. The molecule has 0 spiro atoms. The first kappa shape index (κ1) is 13.6. The lowest BCUT2D eigenvalue weighted by molar-refractivity contribution is 0.447. The maximum atomic E-state index is 6.00. The molecule has 0 amide bonds. The fourth-order valence-corrected chi connectivity index (χ4v) is 3.22. The summed E-state index contributed by atoms with van der Waals surface area (Å²) in [4.78, 5) is 0. The van der Waals surface area contributed by atoms with Crippen LogP contribution in [0.5, 0.6) is 0 Å². The second-order valence-corrected chi connectivity index (χ2v) is 5.64. The Bertz CT molecular complexity index is 387. The first-order valence-corrected chi connectivity index (χ1v) is 7.52. The summed E-state index contributed by atoms with van der Waals surface area (Å²) < 4.78 is 2.34. The van der Waals surface area contributed by atoms with Gasteiger partial charge in [-0.1, -0.05) is 26.7 Å². The van der Waals surface area contributed by atoms with Crippen LogP contribution in [0.3, 0.4) is 0 Å². The lowest BCUT2D eigenvalue weighted by Crippen LogP contribution is -2.19. The minimum atomic E-state index is 0.224. The summed E-state index contributed by atoms with van der Waals surface area (Å²) in [5, 5.41) is 4.90. The van der Waals surface area contributed by atoms with Gasteiger partial charge in [0.05, 0.1) is 11.7 Å². The summed E-state index contributed by atoms with van der Waals surface area (Å²) in [5.41, 5.74) is 10.1. The monoisotopic (exact) mass is 249 g/mol. The van der Waals surface area contributed by atoms with E-state index in [-0.39, 0.29) is 6.04 Å². The number of nitrogens with zero attached hydrogens (tertiary/aromatic N) is 2. The predicted octanol–water partition coefficient (Wildman–Crippen LogP) is 3.01. The topological polar surface area (TPSA) is 43.8 Å². The van der Waals surface area contributed by atoms with Crippen LogP contribution in [0.15, 0.2) is 0 Å². The third kappa shape index (κ3) is 2.61. The molecular weight excluding hydrogens is 222 g/mol. The van der Waals surface area contributed by atoms with Crippen LogP contribution in [0.25, 0.3) is 0 Å². The zero-order valence-corrected chi connectivity index (χ0v) is 12.1. The third-order valence-electron chi connectivity index (χ3n) is 4.07. The average Bonchev–Trinajstić information content (AvgIpc) is 2.94. The smallest absolute Gasteiger partial charge is 0.0657 e. The van der Waals surface area contributed by atoms with Gasteiger partial charge in [0.2, 0.25) is 0 Å². The van der Waals surface area contributed by atoms with Crippen LogP contribution in [-0.2, 0) is 19.3 Å². The van der Waals surface area contributed by atoms with Crippen LogP contribution in [0, 0.1) is 0 Å². The Kier molecular flexibility index (Phi) is 4.44. The fraction of sp³-hybridized carbons (Fsp3) is 0.800. The highest BCUT2D eigenvalue weighted by Gasteiger charge is 2.24. The van der Waals surface area contributed by atoms with Gasteiger partial charge in [-0.25, -0.2) is 0 Å². The summed E-state index contributed by atoms with van der Waals surface area (Å²) in [6.07, 6.45) is 8.39. The number of nitrogens with two attached hydrogens (primary N) is 1. The van der Waals surface area contributed by atoms with E-state index in [1.54, 1.807) is 0 Å². The van der Waals surface area contributed by atoms with E-state index in [0.29, 0.717) is 6.04 Å². The Morgan fingerprint density at radius 3 is 2.44 bits per heavy atom. The van der Waals surface area contributed by atoms with Gasteiger partial charge in [-0.2, -0.15) is 5.10 Å². The van der Waals surface area contributed by atoms with Crippen LogP contribution in [0.1, 0.15) is 69.4 Å². The summed E-state index contributed by atoms with van der Waals surface area (Å²) >= 11 is 0. The molecule has 1 fully saturated rings. The summed E-state index contributed by atoms with van der Waals surface area (Å²) in [6.45, 7) is 6.53. The number of aromatic nitrogens is 2. The lowest BCUT2D eigenvalue weighted by atomic mass is 10.0. The molecule has 2 N–H and O–H groups in total. The van der Waals surface area contributed by atoms with Crippen LogP contribution in [0.4, 0.5) is 0 Å². The van der Waals surface area contributed by atoms with E-state index in [0.717, 1.165) is 19.3 Å². The van der Waals surface area contributed by atoms with Crippen molar-refractivity contribution >= 4 is 0 Å². The molecule has 18 heavy (non-hydrogen) atoms. The second kappa shape index (κ2) is 5.87. The van der Waals surface area contributed by atoms with Gasteiger partial charge < -0.3 is 5.73 Å². The first-order valence-electron chi connectivity index (χ1n) is 7.52. The van der Waals surface area contributed by atoms with E-state index in [2.05, 4.69) is 25.5 Å². The van der Waals surface area contributed by atoms with E-state index in [9.17, 15) is 0 Å². The highest BCUT2D eigenvalue weighted by molar-refractivity contribution is 5.28. The Hall–Kier alpha value is -0.830. The van der Waals surface area contributed by atoms with Gasteiger partial charge in [0.25, 0.3) is 0 Å². The van der Waals surface area contributed by atoms with Gasteiger partial charge in [0.1, 0.15) is 0 Å². The molecule has 1 aliphatic rings. The molecule has 0 radical (unpaired) electrons. The second-order valence-electron chi connectivity index (χ2n) is 5.64. The molecular formula is C15H27N3. The molecule has 1 aromatic rings. The molecule has 0 aromatic carbocycles. The van der Waals surface area contributed by atoms with Crippen LogP contribution in [-0.4, -0.2) is 15.8 Å². The summed E-state index contributed by atoms with van der Waals surface area (Å²) in [5.74, 6) is 0. The van der Waals surface area contributed by atoms with Gasteiger partial charge in [-0.3, -0.25) is 4.68 Å². The number of rotatable bonds is 5. The van der Waals surface area contributed by atoms with Crippen molar-refractivity contribution in [2.75, 3.05) is 0 Å². The third-order valence-corrected chi connectivity index (χ3v) is 4.07. The standard InChI is InChI=1S/C15H27N3/c1-4-14-13(10-11(3)16)15(5-2)18(17-14)12-8-6-7-9-12/h11-12H,4-10,16H2,1-3H3. The fourth-order valence-electron chi connectivity index (χ4n) is 3.22. The van der Waals surface area contributed by atoms with Crippen molar-refractivity contribution in [3.63, 3.8) is 0 Å². The van der Waals surface area contributed by atoms with E-state index >= 15 is 0 Å². The van der Waals surface area contributed by atoms with Gasteiger partial charge >= 0.3 is 0 Å². The molecule has 1 aliphatic carbocycles. The maximum absolute atomic E-state index is 6.00. The first-order chi connectivity index (χ1) is 8.67. The maximum Gasteiger partial charge on any atom is 0.0657 e. The molecule has 1 aromatic heterocycles. The van der Waals surface area contributed by atoms with E-state index < -0.39 is 0 Å². The van der Waals surface area contributed by atoms with Crippen molar-refractivity contribution in [1.82, 2.24) is 9.78 Å². The van der Waals surface area contributed by atoms with Crippen molar-refractivity contribution < 1.29 is 0 Å². The van der Waals surface area contributed by atoms with Gasteiger partial charge in [0, 0.05) is 11.7 Å². The molecule has 1 saturated carbocycles. The molecule has 0 aliphatic heterocycles. The van der Waals surface area contributed by atoms with Gasteiger partial charge in [0.15, 0.2) is 0 Å². The Balaban J connectivity index is 2.36. The molecule has 1 heterocycles. The number of aryl methyl sites for hydroxylation is 1. The molecule has 0 saturated heterocycles. The number of hydrogen-bond acceptors (Lipinski definition) is 2. The number of hydrogen-bond donors (Lipinski definition) is 1. The summed E-state index contributed by atoms with van der Waals surface area (Å²) in [7, 11) is 0. The van der Waals surface area contributed by atoms with Crippen molar-refractivity contribution in [3.05, 3.63) is 17.0 Å². The van der Waals surface area contributed by atoms with Gasteiger partial charge in [-0.15, -0.1) is 0 Å². The Morgan fingerprint density at radius 1 is 1.28 bits per heavy atom. The average molecular weight is 249 g/mol. The molecule has 102 valence electrons. The van der Waals surface area contributed by atoms with Crippen molar-refractivity contribution in [1.29, 1.82) is 0 Å². The Labute approximate surface area is 111 Å². The van der Waals surface area contributed by atoms with Crippen molar-refractivity contribution in [2.24, 2.45) is 5.73 Å². The van der Waals surface area contributed by atoms with E-state index in [4.69, 9.17) is 10.8 Å².